The molecule has 4 nitrogen and oxygen atoms in total. The molecule has 1 saturated carbocycles. The lowest BCUT2D eigenvalue weighted by molar-refractivity contribution is -0.149. The highest BCUT2D eigenvalue weighted by Crippen LogP contribution is 2.37. The number of likely N-dealkylation sites (tertiary alicyclic amines) is 1. The SMILES string of the molecule is CCCC1(C(=O)O)CCN(C(=O)C2CCCC2)C1. The van der Waals surface area contributed by atoms with Gasteiger partial charge >= 0.3 is 5.97 Å². The number of carboxylic acid groups (broad SMARTS) is 1. The predicted molar refractivity (Wildman–Crippen MR) is 68.1 cm³/mol. The molecule has 0 aromatic carbocycles. The highest BCUT2D eigenvalue weighted by Gasteiger charge is 2.46. The Balaban J connectivity index is 2.01. The number of carbonyl (C=O) groups is 2. The average Bonchev–Trinajstić information content (AvgIpc) is 2.98. The van der Waals surface area contributed by atoms with E-state index in [-0.39, 0.29) is 11.8 Å². The number of carbonyl (C=O) groups excluding carboxylic acids is 1. The van der Waals surface area contributed by atoms with Crippen LogP contribution in [0.1, 0.15) is 51.9 Å². The van der Waals surface area contributed by atoms with Crippen molar-refractivity contribution in [3.8, 4) is 0 Å². The van der Waals surface area contributed by atoms with Gasteiger partial charge in [0.1, 0.15) is 0 Å². The summed E-state index contributed by atoms with van der Waals surface area (Å²) in [4.78, 5) is 25.6. The Morgan fingerprint density at radius 1 is 1.33 bits per heavy atom. The fourth-order valence-electron chi connectivity index (χ4n) is 3.46. The molecule has 1 amide bonds. The molecule has 2 aliphatic rings. The molecule has 1 heterocycles. The van der Waals surface area contributed by atoms with Crippen LogP contribution in [-0.2, 0) is 9.59 Å². The van der Waals surface area contributed by atoms with Gasteiger partial charge in [0, 0.05) is 19.0 Å². The molecular formula is C14H23NO3. The molecule has 1 unspecified atom stereocenters. The van der Waals surface area contributed by atoms with E-state index in [0.29, 0.717) is 25.9 Å². The van der Waals surface area contributed by atoms with Crippen molar-refractivity contribution in [1.82, 2.24) is 4.90 Å². The van der Waals surface area contributed by atoms with Crippen LogP contribution in [0.4, 0.5) is 0 Å². The summed E-state index contributed by atoms with van der Waals surface area (Å²) in [5.41, 5.74) is -0.678. The first-order valence-electron chi connectivity index (χ1n) is 7.11. The maximum absolute atomic E-state index is 12.3. The molecular weight excluding hydrogens is 230 g/mol. The summed E-state index contributed by atoms with van der Waals surface area (Å²) in [6.07, 6.45) is 6.42. The standard InChI is InChI=1S/C14H23NO3/c1-2-7-14(13(17)18)8-9-15(10-14)12(16)11-5-3-4-6-11/h11H,2-10H2,1H3,(H,17,18). The number of hydrogen-bond donors (Lipinski definition) is 1. The fraction of sp³-hybridized carbons (Fsp3) is 0.857. The highest BCUT2D eigenvalue weighted by atomic mass is 16.4. The predicted octanol–water partition coefficient (Wildman–Crippen LogP) is 2.28. The minimum absolute atomic E-state index is 0.163. The van der Waals surface area contributed by atoms with Gasteiger partial charge in [-0.15, -0.1) is 0 Å². The molecule has 1 N–H and O–H groups in total. The minimum atomic E-state index is -0.730. The van der Waals surface area contributed by atoms with Crippen LogP contribution in [0.2, 0.25) is 0 Å². The molecule has 2 rings (SSSR count). The second-order valence-electron chi connectivity index (χ2n) is 5.83. The van der Waals surface area contributed by atoms with Crippen molar-refractivity contribution in [2.75, 3.05) is 13.1 Å². The molecule has 0 bridgehead atoms. The van der Waals surface area contributed by atoms with E-state index in [0.717, 1.165) is 32.1 Å². The summed E-state index contributed by atoms with van der Waals surface area (Å²) in [5.74, 6) is -0.367. The molecule has 4 heteroatoms. The highest BCUT2D eigenvalue weighted by molar-refractivity contribution is 5.82. The Labute approximate surface area is 108 Å². The van der Waals surface area contributed by atoms with Crippen molar-refractivity contribution in [3.63, 3.8) is 0 Å². The Morgan fingerprint density at radius 2 is 2.00 bits per heavy atom. The van der Waals surface area contributed by atoms with E-state index in [1.165, 1.54) is 0 Å². The smallest absolute Gasteiger partial charge is 0.311 e. The zero-order valence-corrected chi connectivity index (χ0v) is 11.2. The lowest BCUT2D eigenvalue weighted by Gasteiger charge is -2.25. The van der Waals surface area contributed by atoms with Gasteiger partial charge in [-0.1, -0.05) is 26.2 Å². The van der Waals surface area contributed by atoms with Crippen molar-refractivity contribution in [1.29, 1.82) is 0 Å². The number of nitrogens with zero attached hydrogens (tertiary/aromatic N) is 1. The molecule has 0 aromatic rings. The zero-order valence-electron chi connectivity index (χ0n) is 11.2. The molecule has 1 atom stereocenters. The first kappa shape index (κ1) is 13.4. The Bertz CT molecular complexity index is 336. The second-order valence-corrected chi connectivity index (χ2v) is 5.83. The normalized spacial score (nSPS) is 28.8. The number of amides is 1. The van der Waals surface area contributed by atoms with E-state index in [2.05, 4.69) is 0 Å². The summed E-state index contributed by atoms with van der Waals surface area (Å²) in [6, 6.07) is 0. The number of rotatable bonds is 4. The molecule has 1 saturated heterocycles. The van der Waals surface area contributed by atoms with Gasteiger partial charge in [0.15, 0.2) is 0 Å². The zero-order chi connectivity index (χ0) is 13.2. The summed E-state index contributed by atoms with van der Waals surface area (Å²) in [6.45, 7) is 3.05. The molecule has 18 heavy (non-hydrogen) atoms. The van der Waals surface area contributed by atoms with Crippen LogP contribution in [0.3, 0.4) is 0 Å². The quantitative estimate of drug-likeness (QED) is 0.836. The lowest BCUT2D eigenvalue weighted by Crippen LogP contribution is -2.38. The summed E-state index contributed by atoms with van der Waals surface area (Å²) >= 11 is 0. The van der Waals surface area contributed by atoms with Crippen LogP contribution < -0.4 is 0 Å². The van der Waals surface area contributed by atoms with Crippen LogP contribution >= 0.6 is 0 Å². The molecule has 0 spiro atoms. The number of aliphatic carboxylic acids is 1. The van der Waals surface area contributed by atoms with Crippen molar-refractivity contribution < 1.29 is 14.7 Å². The third-order valence-corrected chi connectivity index (χ3v) is 4.55. The van der Waals surface area contributed by atoms with Gasteiger partial charge in [0.2, 0.25) is 5.91 Å². The second kappa shape index (κ2) is 5.29. The van der Waals surface area contributed by atoms with E-state index < -0.39 is 11.4 Å². The van der Waals surface area contributed by atoms with Crippen molar-refractivity contribution in [2.24, 2.45) is 11.3 Å². The van der Waals surface area contributed by atoms with E-state index in [9.17, 15) is 14.7 Å². The molecule has 1 aliphatic heterocycles. The van der Waals surface area contributed by atoms with Gasteiger partial charge in [0.25, 0.3) is 0 Å². The monoisotopic (exact) mass is 253 g/mol. The molecule has 2 fully saturated rings. The van der Waals surface area contributed by atoms with Gasteiger partial charge in [-0.25, -0.2) is 0 Å². The summed E-state index contributed by atoms with van der Waals surface area (Å²) in [5, 5.41) is 9.42. The topological polar surface area (TPSA) is 57.6 Å². The van der Waals surface area contributed by atoms with Crippen LogP contribution in [-0.4, -0.2) is 35.0 Å². The Kier molecular flexibility index (Phi) is 3.93. The number of hydrogen-bond acceptors (Lipinski definition) is 2. The molecule has 0 aromatic heterocycles. The van der Waals surface area contributed by atoms with Crippen molar-refractivity contribution in [3.05, 3.63) is 0 Å². The Morgan fingerprint density at radius 3 is 2.56 bits per heavy atom. The van der Waals surface area contributed by atoms with Gasteiger partial charge in [-0.05, 0) is 25.7 Å². The van der Waals surface area contributed by atoms with Crippen LogP contribution in [0, 0.1) is 11.3 Å². The summed E-state index contributed by atoms with van der Waals surface area (Å²) < 4.78 is 0. The van der Waals surface area contributed by atoms with Gasteiger partial charge in [0.05, 0.1) is 5.41 Å². The van der Waals surface area contributed by atoms with Crippen LogP contribution in [0.15, 0.2) is 0 Å². The van der Waals surface area contributed by atoms with E-state index in [1.54, 1.807) is 4.90 Å². The maximum atomic E-state index is 12.3. The molecule has 102 valence electrons. The first-order valence-corrected chi connectivity index (χ1v) is 7.11. The summed E-state index contributed by atoms with van der Waals surface area (Å²) in [7, 11) is 0. The Hall–Kier alpha value is -1.06. The largest absolute Gasteiger partial charge is 0.481 e. The van der Waals surface area contributed by atoms with Gasteiger partial charge in [-0.3, -0.25) is 9.59 Å². The minimum Gasteiger partial charge on any atom is -0.481 e. The third-order valence-electron chi connectivity index (χ3n) is 4.55. The third kappa shape index (κ3) is 2.38. The van der Waals surface area contributed by atoms with E-state index in [1.807, 2.05) is 6.92 Å². The fourth-order valence-corrected chi connectivity index (χ4v) is 3.46. The number of carboxylic acids is 1. The van der Waals surface area contributed by atoms with E-state index >= 15 is 0 Å². The average molecular weight is 253 g/mol. The maximum Gasteiger partial charge on any atom is 0.311 e. The van der Waals surface area contributed by atoms with Crippen molar-refractivity contribution in [2.45, 2.75) is 51.9 Å². The van der Waals surface area contributed by atoms with Crippen LogP contribution in [0.5, 0.6) is 0 Å². The molecule has 0 radical (unpaired) electrons. The van der Waals surface area contributed by atoms with Crippen molar-refractivity contribution >= 4 is 11.9 Å². The van der Waals surface area contributed by atoms with Gasteiger partial charge in [-0.2, -0.15) is 0 Å². The lowest BCUT2D eigenvalue weighted by atomic mass is 9.83. The molecule has 1 aliphatic carbocycles. The first-order chi connectivity index (χ1) is 8.59. The van der Waals surface area contributed by atoms with Crippen LogP contribution in [0.25, 0.3) is 0 Å². The van der Waals surface area contributed by atoms with Gasteiger partial charge < -0.3 is 10.0 Å². The van der Waals surface area contributed by atoms with E-state index in [4.69, 9.17) is 0 Å².